The second-order valence-corrected chi connectivity index (χ2v) is 4.68. The van der Waals surface area contributed by atoms with Gasteiger partial charge in [-0.15, -0.1) is 0 Å². The van der Waals surface area contributed by atoms with Crippen molar-refractivity contribution in [2.75, 3.05) is 40.9 Å². The molecule has 1 atom stereocenters. The van der Waals surface area contributed by atoms with Crippen molar-refractivity contribution in [3.8, 4) is 0 Å². The van der Waals surface area contributed by atoms with Crippen LogP contribution < -0.4 is 10.6 Å². The fourth-order valence-corrected chi connectivity index (χ4v) is 1.62. The second-order valence-electron chi connectivity index (χ2n) is 4.27. The number of thiocarbonyl (C=S) groups is 1. The molecule has 0 saturated carbocycles. The second kappa shape index (κ2) is 9.81. The lowest BCUT2D eigenvalue weighted by molar-refractivity contribution is 0.179. The van der Waals surface area contributed by atoms with E-state index in [9.17, 15) is 0 Å². The predicted octanol–water partition coefficient (Wildman–Crippen LogP) is 0.827. The molecule has 0 aliphatic rings. The molecule has 0 saturated heterocycles. The highest BCUT2D eigenvalue weighted by Gasteiger charge is 2.02. The van der Waals surface area contributed by atoms with Crippen LogP contribution in [0.1, 0.15) is 19.8 Å². The molecule has 2 N–H and O–H groups in total. The molecule has 0 amide bonds. The van der Waals surface area contributed by atoms with Crippen molar-refractivity contribution in [3.63, 3.8) is 0 Å². The maximum absolute atomic E-state index is 5.16. The van der Waals surface area contributed by atoms with Crippen LogP contribution in [0, 0.1) is 0 Å². The van der Waals surface area contributed by atoms with E-state index in [1.807, 2.05) is 6.92 Å². The lowest BCUT2D eigenvalue weighted by Crippen LogP contribution is -2.42. The van der Waals surface area contributed by atoms with Crippen molar-refractivity contribution in [1.29, 1.82) is 0 Å². The van der Waals surface area contributed by atoms with E-state index in [0.29, 0.717) is 6.61 Å². The van der Waals surface area contributed by atoms with Crippen LogP contribution in [-0.4, -0.2) is 57.0 Å². The first-order valence-electron chi connectivity index (χ1n) is 5.74. The first-order valence-corrected chi connectivity index (χ1v) is 6.15. The predicted molar refractivity (Wildman–Crippen MR) is 72.9 cm³/mol. The molecule has 0 heterocycles. The smallest absolute Gasteiger partial charge is 0.166 e. The van der Waals surface area contributed by atoms with E-state index in [1.165, 1.54) is 6.42 Å². The number of ether oxygens (including phenoxy) is 1. The summed E-state index contributed by atoms with van der Waals surface area (Å²) in [6, 6.07) is 0.256. The van der Waals surface area contributed by atoms with Crippen LogP contribution >= 0.6 is 12.2 Å². The quantitative estimate of drug-likeness (QED) is 0.491. The van der Waals surface area contributed by atoms with Crippen molar-refractivity contribution < 1.29 is 4.74 Å². The number of hydrogen-bond donors (Lipinski definition) is 2. The van der Waals surface area contributed by atoms with Crippen molar-refractivity contribution >= 4 is 17.3 Å². The van der Waals surface area contributed by atoms with Gasteiger partial charge in [-0.3, -0.25) is 0 Å². The van der Waals surface area contributed by atoms with Gasteiger partial charge in [0.05, 0.1) is 6.61 Å². The van der Waals surface area contributed by atoms with E-state index >= 15 is 0 Å². The van der Waals surface area contributed by atoms with Gasteiger partial charge in [-0.25, -0.2) is 0 Å². The Hall–Kier alpha value is -0.390. The molecule has 0 fully saturated rings. The highest BCUT2D eigenvalue weighted by Crippen LogP contribution is 1.89. The summed E-state index contributed by atoms with van der Waals surface area (Å²) in [6.07, 6.45) is 2.33. The monoisotopic (exact) mass is 247 g/mol. The summed E-state index contributed by atoms with van der Waals surface area (Å²) < 4.78 is 5.02. The molecule has 96 valence electrons. The standard InChI is InChI=1S/C11H25N3OS/c1-10(9-15-4)13-11(16)12-7-5-6-8-14(2)3/h10H,5-9H2,1-4H3,(H2,12,13,16). The third-order valence-electron chi connectivity index (χ3n) is 2.11. The Labute approximate surface area is 105 Å². The molecule has 0 radical (unpaired) electrons. The molecule has 5 heteroatoms. The molecule has 4 nitrogen and oxygen atoms in total. The van der Waals surface area contributed by atoms with E-state index in [2.05, 4.69) is 29.6 Å². The van der Waals surface area contributed by atoms with E-state index in [-0.39, 0.29) is 6.04 Å². The van der Waals surface area contributed by atoms with E-state index < -0.39 is 0 Å². The largest absolute Gasteiger partial charge is 0.383 e. The SMILES string of the molecule is COCC(C)NC(=S)NCCCCN(C)C. The molecule has 1 unspecified atom stereocenters. The Balaban J connectivity index is 3.36. The molecule has 0 aromatic heterocycles. The lowest BCUT2D eigenvalue weighted by atomic mass is 10.3. The van der Waals surface area contributed by atoms with Crippen molar-refractivity contribution in [2.45, 2.75) is 25.8 Å². The van der Waals surface area contributed by atoms with Crippen molar-refractivity contribution in [2.24, 2.45) is 0 Å². The van der Waals surface area contributed by atoms with E-state index in [4.69, 9.17) is 17.0 Å². The normalized spacial score (nSPS) is 12.6. The molecule has 0 aromatic carbocycles. The third-order valence-corrected chi connectivity index (χ3v) is 2.37. The molecular weight excluding hydrogens is 222 g/mol. The Morgan fingerprint density at radius 1 is 1.38 bits per heavy atom. The zero-order valence-corrected chi connectivity index (χ0v) is 11.7. The number of methoxy groups -OCH3 is 1. The summed E-state index contributed by atoms with van der Waals surface area (Å²) in [6.45, 7) is 4.77. The number of hydrogen-bond acceptors (Lipinski definition) is 3. The van der Waals surface area contributed by atoms with Gasteiger partial charge in [0, 0.05) is 19.7 Å². The molecule has 0 aliphatic heterocycles. The van der Waals surface area contributed by atoms with Gasteiger partial charge in [-0.2, -0.15) is 0 Å². The highest BCUT2D eigenvalue weighted by molar-refractivity contribution is 7.80. The molecule has 0 bridgehead atoms. The maximum atomic E-state index is 5.16. The Kier molecular flexibility index (Phi) is 9.57. The van der Waals surface area contributed by atoms with E-state index in [1.54, 1.807) is 7.11 Å². The highest BCUT2D eigenvalue weighted by atomic mass is 32.1. The average molecular weight is 247 g/mol. The van der Waals surface area contributed by atoms with Gasteiger partial charge in [0.1, 0.15) is 0 Å². The summed E-state index contributed by atoms with van der Waals surface area (Å²) in [5, 5.41) is 7.07. The summed E-state index contributed by atoms with van der Waals surface area (Å²) >= 11 is 5.16. The molecule has 0 rings (SSSR count). The maximum Gasteiger partial charge on any atom is 0.166 e. The number of nitrogens with zero attached hydrogens (tertiary/aromatic N) is 1. The van der Waals surface area contributed by atoms with Gasteiger partial charge in [0.15, 0.2) is 5.11 Å². The lowest BCUT2D eigenvalue weighted by Gasteiger charge is -2.16. The minimum Gasteiger partial charge on any atom is -0.383 e. The van der Waals surface area contributed by atoms with E-state index in [0.717, 1.165) is 24.6 Å². The van der Waals surface area contributed by atoms with Gasteiger partial charge in [0.2, 0.25) is 0 Å². The van der Waals surface area contributed by atoms with Crippen molar-refractivity contribution in [1.82, 2.24) is 15.5 Å². The summed E-state index contributed by atoms with van der Waals surface area (Å²) in [4.78, 5) is 2.19. The molecule has 0 aromatic rings. The van der Waals surface area contributed by atoms with Crippen LogP contribution in [0.15, 0.2) is 0 Å². The molecule has 0 aliphatic carbocycles. The zero-order chi connectivity index (χ0) is 12.4. The fraction of sp³-hybridized carbons (Fsp3) is 0.909. The number of unbranched alkanes of at least 4 members (excludes halogenated alkanes) is 1. The van der Waals surface area contributed by atoms with Gasteiger partial charge in [-0.1, -0.05) is 0 Å². The summed E-state index contributed by atoms with van der Waals surface area (Å²) in [7, 11) is 5.87. The van der Waals surface area contributed by atoms with Crippen molar-refractivity contribution in [3.05, 3.63) is 0 Å². The first kappa shape index (κ1) is 15.6. The van der Waals surface area contributed by atoms with Crippen LogP contribution in [0.25, 0.3) is 0 Å². The molecular formula is C11H25N3OS. The Morgan fingerprint density at radius 3 is 2.62 bits per heavy atom. The Morgan fingerprint density at radius 2 is 2.06 bits per heavy atom. The zero-order valence-electron chi connectivity index (χ0n) is 10.9. The third kappa shape index (κ3) is 10.1. The topological polar surface area (TPSA) is 36.5 Å². The van der Waals surface area contributed by atoms with Crippen LogP contribution in [-0.2, 0) is 4.74 Å². The van der Waals surface area contributed by atoms with Gasteiger partial charge < -0.3 is 20.3 Å². The Bertz CT molecular complexity index is 188. The van der Waals surface area contributed by atoms with Crippen LogP contribution in [0.4, 0.5) is 0 Å². The molecule has 0 spiro atoms. The van der Waals surface area contributed by atoms with Crippen LogP contribution in [0.2, 0.25) is 0 Å². The average Bonchev–Trinajstić information content (AvgIpc) is 2.16. The number of rotatable bonds is 8. The van der Waals surface area contributed by atoms with Gasteiger partial charge in [0.25, 0.3) is 0 Å². The minimum absolute atomic E-state index is 0.256. The fourth-order valence-electron chi connectivity index (χ4n) is 1.32. The van der Waals surface area contributed by atoms with Gasteiger partial charge in [-0.05, 0) is 52.6 Å². The first-order chi connectivity index (χ1) is 7.56. The summed E-state index contributed by atoms with van der Waals surface area (Å²) in [5.41, 5.74) is 0. The minimum atomic E-state index is 0.256. The summed E-state index contributed by atoms with van der Waals surface area (Å²) in [5.74, 6) is 0. The van der Waals surface area contributed by atoms with Crippen LogP contribution in [0.5, 0.6) is 0 Å². The van der Waals surface area contributed by atoms with Crippen LogP contribution in [0.3, 0.4) is 0 Å². The number of nitrogens with one attached hydrogen (secondary N) is 2. The molecule has 16 heavy (non-hydrogen) atoms. The van der Waals surface area contributed by atoms with Gasteiger partial charge >= 0.3 is 0 Å².